The van der Waals surface area contributed by atoms with Gasteiger partial charge in [-0.25, -0.2) is 0 Å². The lowest BCUT2D eigenvalue weighted by atomic mass is 9.76. The Balaban J connectivity index is 1.65. The molecule has 42 heavy (non-hydrogen) atoms. The first kappa shape index (κ1) is 30.1. The van der Waals surface area contributed by atoms with Crippen molar-refractivity contribution in [1.29, 1.82) is 0 Å². The lowest BCUT2D eigenvalue weighted by Crippen LogP contribution is -2.53. The van der Waals surface area contributed by atoms with Crippen LogP contribution < -0.4 is 14.8 Å². The average molecular weight is 592 g/mol. The van der Waals surface area contributed by atoms with Crippen LogP contribution in [0, 0.1) is 5.41 Å². The van der Waals surface area contributed by atoms with Crippen molar-refractivity contribution < 1.29 is 28.8 Å². The number of rotatable bonds is 8. The second-order valence-electron chi connectivity index (χ2n) is 12.0. The van der Waals surface area contributed by atoms with Crippen LogP contribution >= 0.6 is 11.6 Å². The van der Waals surface area contributed by atoms with Crippen molar-refractivity contribution >= 4 is 29.3 Å². The van der Waals surface area contributed by atoms with Crippen molar-refractivity contribution in [2.24, 2.45) is 5.41 Å². The number of benzene rings is 3. The molecule has 0 radical (unpaired) electrons. The van der Waals surface area contributed by atoms with E-state index < -0.39 is 23.2 Å². The zero-order chi connectivity index (χ0) is 30.1. The van der Waals surface area contributed by atoms with E-state index in [0.29, 0.717) is 39.9 Å². The maximum absolute atomic E-state index is 13.2. The summed E-state index contributed by atoms with van der Waals surface area (Å²) in [4.78, 5) is 13.2. The van der Waals surface area contributed by atoms with Crippen molar-refractivity contribution in [3.63, 3.8) is 0 Å². The van der Waals surface area contributed by atoms with E-state index in [-0.39, 0.29) is 12.0 Å². The Hall–Kier alpha value is -3.36. The smallest absolute Gasteiger partial charge is 0.257 e. The third kappa shape index (κ3) is 5.92. The monoisotopic (exact) mass is 591 g/mol. The standard InChI is InChI=1S/C34H38ClNO6/c1-32(2)17-18-33(3,42-21-32)16-15-23-9-14-27-28(29(23)41-20-22-7-6-8-25(35)19-22)34(38,30(40-5)31(37)36-27)24-10-12-26(39-4)13-11-24/h6-16,19,30,38H,17-18,20-21H2,1-5H3,(H,36,37)/b16-15+. The van der Waals surface area contributed by atoms with Gasteiger partial charge in [0.05, 0.1) is 30.6 Å². The number of carbonyl (C=O) groups excluding carboxylic acids is 1. The number of hydrogen-bond donors (Lipinski definition) is 2. The van der Waals surface area contributed by atoms with E-state index in [1.807, 2.05) is 30.3 Å². The molecule has 2 aliphatic heterocycles. The highest BCUT2D eigenvalue weighted by Crippen LogP contribution is 2.49. The summed E-state index contributed by atoms with van der Waals surface area (Å²) in [6.45, 7) is 7.35. The van der Waals surface area contributed by atoms with Crippen LogP contribution in [0.5, 0.6) is 11.5 Å². The molecular formula is C34H38ClNO6. The van der Waals surface area contributed by atoms with E-state index in [4.69, 9.17) is 30.5 Å². The van der Waals surface area contributed by atoms with Gasteiger partial charge in [0.1, 0.15) is 18.1 Å². The predicted molar refractivity (Wildman–Crippen MR) is 164 cm³/mol. The summed E-state index contributed by atoms with van der Waals surface area (Å²) in [5.74, 6) is 0.580. The van der Waals surface area contributed by atoms with Crippen molar-refractivity contribution in [2.75, 3.05) is 26.1 Å². The highest BCUT2D eigenvalue weighted by molar-refractivity contribution is 6.30. The lowest BCUT2D eigenvalue weighted by Gasteiger charge is -2.41. The number of fused-ring (bicyclic) bond motifs is 1. The van der Waals surface area contributed by atoms with Gasteiger partial charge >= 0.3 is 0 Å². The molecule has 8 heteroatoms. The van der Waals surface area contributed by atoms with E-state index in [1.54, 1.807) is 43.5 Å². The minimum Gasteiger partial charge on any atom is -0.497 e. The van der Waals surface area contributed by atoms with Gasteiger partial charge in [0.2, 0.25) is 0 Å². The number of aliphatic hydroxyl groups is 1. The molecule has 3 atom stereocenters. The Kier molecular flexibility index (Phi) is 8.41. The summed E-state index contributed by atoms with van der Waals surface area (Å²) in [6.07, 6.45) is 4.69. The molecule has 0 bridgehead atoms. The minimum atomic E-state index is -1.87. The second kappa shape index (κ2) is 11.7. The van der Waals surface area contributed by atoms with Crippen LogP contribution in [-0.2, 0) is 26.5 Å². The van der Waals surface area contributed by atoms with Gasteiger partial charge < -0.3 is 29.4 Å². The number of halogens is 1. The molecular weight excluding hydrogens is 554 g/mol. The molecule has 1 saturated heterocycles. The average Bonchev–Trinajstić information content (AvgIpc) is 2.97. The topological polar surface area (TPSA) is 86.3 Å². The molecule has 2 aliphatic rings. The Bertz CT molecular complexity index is 1470. The predicted octanol–water partition coefficient (Wildman–Crippen LogP) is 6.74. The molecule has 222 valence electrons. The van der Waals surface area contributed by atoms with Gasteiger partial charge in [0.15, 0.2) is 11.7 Å². The van der Waals surface area contributed by atoms with E-state index in [1.165, 1.54) is 7.11 Å². The number of amides is 1. The molecule has 1 amide bonds. The summed E-state index contributed by atoms with van der Waals surface area (Å²) in [5, 5.41) is 16.1. The molecule has 2 N–H and O–H groups in total. The largest absolute Gasteiger partial charge is 0.497 e. The fourth-order valence-electron chi connectivity index (χ4n) is 5.58. The Labute approximate surface area is 252 Å². The fraction of sp³-hybridized carbons (Fsp3) is 0.382. The van der Waals surface area contributed by atoms with Gasteiger partial charge in [-0.15, -0.1) is 0 Å². The summed E-state index contributed by atoms with van der Waals surface area (Å²) in [6, 6.07) is 18.0. The maximum Gasteiger partial charge on any atom is 0.257 e. The van der Waals surface area contributed by atoms with Crippen molar-refractivity contribution in [3.8, 4) is 11.5 Å². The first-order chi connectivity index (χ1) is 20.0. The van der Waals surface area contributed by atoms with Gasteiger partial charge in [-0.1, -0.05) is 61.9 Å². The molecule has 0 aliphatic carbocycles. The maximum atomic E-state index is 13.2. The Morgan fingerprint density at radius 3 is 2.48 bits per heavy atom. The number of hydrogen-bond acceptors (Lipinski definition) is 6. The molecule has 3 aromatic carbocycles. The summed E-state index contributed by atoms with van der Waals surface area (Å²) < 4.78 is 23.8. The molecule has 0 spiro atoms. The van der Waals surface area contributed by atoms with Crippen LogP contribution in [0.15, 0.2) is 66.7 Å². The lowest BCUT2D eigenvalue weighted by molar-refractivity contribution is -0.142. The van der Waals surface area contributed by atoms with Gasteiger partial charge in [0, 0.05) is 17.7 Å². The number of ether oxygens (including phenoxy) is 4. The molecule has 7 nitrogen and oxygen atoms in total. The van der Waals surface area contributed by atoms with Crippen molar-refractivity contribution in [1.82, 2.24) is 0 Å². The molecule has 0 saturated carbocycles. The quantitative estimate of drug-likeness (QED) is 0.302. The number of anilines is 1. The molecule has 2 heterocycles. The highest BCUT2D eigenvalue weighted by Gasteiger charge is 2.52. The molecule has 3 unspecified atom stereocenters. The van der Waals surface area contributed by atoms with E-state index in [2.05, 4.69) is 32.2 Å². The van der Waals surface area contributed by atoms with Crippen molar-refractivity contribution in [2.45, 2.75) is 57.5 Å². The van der Waals surface area contributed by atoms with Gasteiger partial charge in [-0.2, -0.15) is 0 Å². The zero-order valence-electron chi connectivity index (χ0n) is 24.7. The highest BCUT2D eigenvalue weighted by atomic mass is 35.5. The molecule has 5 rings (SSSR count). The molecule has 0 aromatic heterocycles. The van der Waals surface area contributed by atoms with E-state index in [9.17, 15) is 9.90 Å². The van der Waals surface area contributed by atoms with Crippen LogP contribution in [0.2, 0.25) is 5.02 Å². The van der Waals surface area contributed by atoms with Crippen LogP contribution in [0.3, 0.4) is 0 Å². The molecule has 1 fully saturated rings. The summed E-state index contributed by atoms with van der Waals surface area (Å²) in [5.41, 5.74) is 0.689. The minimum absolute atomic E-state index is 0.132. The van der Waals surface area contributed by atoms with E-state index in [0.717, 1.165) is 24.0 Å². The summed E-state index contributed by atoms with van der Waals surface area (Å²) in [7, 11) is 2.98. The fourth-order valence-corrected chi connectivity index (χ4v) is 5.79. The van der Waals surface area contributed by atoms with Gasteiger partial charge in [0.25, 0.3) is 5.91 Å². The first-order valence-electron chi connectivity index (χ1n) is 14.1. The van der Waals surface area contributed by atoms with Crippen LogP contribution in [0.4, 0.5) is 5.69 Å². The number of methoxy groups -OCH3 is 2. The Morgan fingerprint density at radius 2 is 1.83 bits per heavy atom. The van der Waals surface area contributed by atoms with Gasteiger partial charge in [-0.05, 0) is 72.7 Å². The number of carbonyl (C=O) groups is 1. The summed E-state index contributed by atoms with van der Waals surface area (Å²) >= 11 is 6.25. The van der Waals surface area contributed by atoms with E-state index >= 15 is 0 Å². The van der Waals surface area contributed by atoms with Crippen LogP contribution in [-0.4, -0.2) is 43.5 Å². The molecule has 3 aromatic rings. The second-order valence-corrected chi connectivity index (χ2v) is 12.5. The van der Waals surface area contributed by atoms with Gasteiger partial charge in [-0.3, -0.25) is 4.79 Å². The SMILES string of the molecule is COc1ccc(C2(O)c3c(ccc(/C=C/C4(C)CCC(C)(C)CO4)c3OCc3cccc(Cl)c3)NC(=O)C2OC)cc1. The zero-order valence-corrected chi connectivity index (χ0v) is 25.5. The van der Waals surface area contributed by atoms with Crippen molar-refractivity contribution in [3.05, 3.63) is 94.0 Å². The first-order valence-corrected chi connectivity index (χ1v) is 14.4. The Morgan fingerprint density at radius 1 is 1.07 bits per heavy atom. The normalized spacial score (nSPS) is 25.1. The third-order valence-electron chi connectivity index (χ3n) is 8.19. The van der Waals surface area contributed by atoms with Crippen LogP contribution in [0.25, 0.3) is 6.08 Å². The number of nitrogens with one attached hydrogen (secondary N) is 1. The third-order valence-corrected chi connectivity index (χ3v) is 8.42. The van der Waals surface area contributed by atoms with Crippen LogP contribution in [0.1, 0.15) is 55.9 Å².